The van der Waals surface area contributed by atoms with Crippen molar-refractivity contribution in [2.45, 2.75) is 38.8 Å². The summed E-state index contributed by atoms with van der Waals surface area (Å²) in [6.07, 6.45) is 4.59. The fourth-order valence-electron chi connectivity index (χ4n) is 2.06. The average molecular weight is 327 g/mol. The van der Waals surface area contributed by atoms with E-state index in [2.05, 4.69) is 15.3 Å². The van der Waals surface area contributed by atoms with Crippen LogP contribution in [0.3, 0.4) is 0 Å². The van der Waals surface area contributed by atoms with Crippen molar-refractivity contribution < 1.29 is 14.3 Å². The van der Waals surface area contributed by atoms with Crippen LogP contribution in [0.1, 0.15) is 36.8 Å². The van der Waals surface area contributed by atoms with Crippen LogP contribution in [-0.4, -0.2) is 33.5 Å². The third-order valence-corrected chi connectivity index (χ3v) is 3.08. The van der Waals surface area contributed by atoms with Crippen molar-refractivity contribution in [3.63, 3.8) is 0 Å². The molecule has 2 aromatic rings. The van der Waals surface area contributed by atoms with Crippen molar-refractivity contribution in [3.8, 4) is 0 Å². The Balaban J connectivity index is 2.15. The van der Waals surface area contributed by atoms with Gasteiger partial charge < -0.3 is 10.1 Å². The van der Waals surface area contributed by atoms with E-state index in [-0.39, 0.29) is 5.69 Å². The fraction of sp³-hybridized carbons (Fsp3) is 0.333. The highest BCUT2D eigenvalue weighted by Gasteiger charge is 2.27. The summed E-state index contributed by atoms with van der Waals surface area (Å²) in [5, 5.41) is 2.69. The second kappa shape index (κ2) is 7.68. The lowest BCUT2D eigenvalue weighted by Crippen LogP contribution is -2.45. The first-order valence-electron chi connectivity index (χ1n) is 7.69. The highest BCUT2D eigenvalue weighted by molar-refractivity contribution is 5.95. The predicted molar refractivity (Wildman–Crippen MR) is 89.3 cm³/mol. The molecule has 0 aliphatic heterocycles. The van der Waals surface area contributed by atoms with E-state index in [1.165, 1.54) is 18.6 Å². The number of ether oxygens (including phenoxy) is 1. The normalized spacial score (nSPS) is 12.3. The number of benzene rings is 1. The van der Waals surface area contributed by atoms with Gasteiger partial charge in [-0.3, -0.25) is 9.78 Å². The van der Waals surface area contributed by atoms with E-state index >= 15 is 0 Å². The van der Waals surface area contributed by atoms with Gasteiger partial charge in [-0.25, -0.2) is 9.78 Å². The average Bonchev–Trinajstić information content (AvgIpc) is 2.54. The van der Waals surface area contributed by atoms with Crippen LogP contribution in [0.15, 0.2) is 48.9 Å². The molecule has 6 nitrogen and oxygen atoms in total. The molecule has 2 rings (SSSR count). The zero-order valence-corrected chi connectivity index (χ0v) is 14.0. The Morgan fingerprint density at radius 2 is 1.88 bits per heavy atom. The van der Waals surface area contributed by atoms with Crippen LogP contribution < -0.4 is 5.32 Å². The van der Waals surface area contributed by atoms with Gasteiger partial charge in [0.05, 0.1) is 6.20 Å². The van der Waals surface area contributed by atoms with Crippen molar-refractivity contribution in [1.29, 1.82) is 0 Å². The lowest BCUT2D eigenvalue weighted by atomic mass is 10.1. The Hall–Kier alpha value is -2.76. The molecule has 1 atom stereocenters. The maximum absolute atomic E-state index is 12.5. The molecule has 1 aromatic carbocycles. The molecule has 0 aliphatic carbocycles. The molecule has 0 fully saturated rings. The van der Waals surface area contributed by atoms with E-state index in [9.17, 15) is 9.59 Å². The van der Waals surface area contributed by atoms with Crippen LogP contribution in [0.5, 0.6) is 0 Å². The summed E-state index contributed by atoms with van der Waals surface area (Å²) in [5.41, 5.74) is 0.440. The topological polar surface area (TPSA) is 81.2 Å². The van der Waals surface area contributed by atoms with Gasteiger partial charge in [-0.2, -0.15) is 0 Å². The smallest absolute Gasteiger partial charge is 0.329 e. The van der Waals surface area contributed by atoms with Gasteiger partial charge in [0.1, 0.15) is 17.3 Å². The monoisotopic (exact) mass is 327 g/mol. The fourth-order valence-corrected chi connectivity index (χ4v) is 2.06. The molecule has 1 amide bonds. The van der Waals surface area contributed by atoms with Crippen LogP contribution in [0, 0.1) is 0 Å². The molecule has 1 N–H and O–H groups in total. The van der Waals surface area contributed by atoms with E-state index in [0.29, 0.717) is 6.42 Å². The predicted octanol–water partition coefficient (Wildman–Crippen LogP) is 2.16. The molecule has 126 valence electrons. The molecule has 0 saturated heterocycles. The van der Waals surface area contributed by atoms with Gasteiger partial charge in [0.25, 0.3) is 5.91 Å². The lowest BCUT2D eigenvalue weighted by Gasteiger charge is -2.24. The van der Waals surface area contributed by atoms with Crippen molar-refractivity contribution in [2.75, 3.05) is 0 Å². The molecule has 1 aromatic heterocycles. The summed E-state index contributed by atoms with van der Waals surface area (Å²) in [7, 11) is 0. The van der Waals surface area contributed by atoms with Crippen LogP contribution >= 0.6 is 0 Å². The Labute approximate surface area is 141 Å². The first kappa shape index (κ1) is 17.6. The molecule has 6 heteroatoms. The van der Waals surface area contributed by atoms with Crippen molar-refractivity contribution >= 4 is 11.9 Å². The van der Waals surface area contributed by atoms with Crippen molar-refractivity contribution in [3.05, 3.63) is 60.2 Å². The van der Waals surface area contributed by atoms with E-state index in [1.807, 2.05) is 30.3 Å². The lowest BCUT2D eigenvalue weighted by molar-refractivity contribution is -0.157. The molecule has 0 aliphatic rings. The Kier molecular flexibility index (Phi) is 5.63. The van der Waals surface area contributed by atoms with Crippen molar-refractivity contribution in [1.82, 2.24) is 15.3 Å². The number of hydrogen-bond donors (Lipinski definition) is 1. The Morgan fingerprint density at radius 1 is 1.17 bits per heavy atom. The maximum Gasteiger partial charge on any atom is 0.329 e. The minimum absolute atomic E-state index is 0.152. The van der Waals surface area contributed by atoms with Gasteiger partial charge in [0, 0.05) is 18.8 Å². The largest absolute Gasteiger partial charge is 0.458 e. The van der Waals surface area contributed by atoms with Crippen LogP contribution in [0.4, 0.5) is 0 Å². The van der Waals surface area contributed by atoms with Crippen molar-refractivity contribution in [2.24, 2.45) is 0 Å². The molecule has 0 unspecified atom stereocenters. The summed E-state index contributed by atoms with van der Waals surface area (Å²) in [5.74, 6) is -0.946. The summed E-state index contributed by atoms with van der Waals surface area (Å²) < 4.78 is 5.42. The number of carbonyl (C=O) groups is 2. The second-order valence-corrected chi connectivity index (χ2v) is 6.34. The van der Waals surface area contributed by atoms with Gasteiger partial charge in [0.2, 0.25) is 0 Å². The zero-order chi connectivity index (χ0) is 17.6. The number of amides is 1. The van der Waals surface area contributed by atoms with Crippen LogP contribution in [0.25, 0.3) is 0 Å². The van der Waals surface area contributed by atoms with Gasteiger partial charge in [-0.15, -0.1) is 0 Å². The molecular weight excluding hydrogens is 306 g/mol. The number of carbonyl (C=O) groups excluding carboxylic acids is 2. The van der Waals surface area contributed by atoms with Crippen LogP contribution in [-0.2, 0) is 16.0 Å². The molecule has 0 spiro atoms. The minimum atomic E-state index is -0.805. The summed E-state index contributed by atoms with van der Waals surface area (Å²) in [6, 6.07) is 8.64. The molecule has 0 radical (unpaired) electrons. The third kappa shape index (κ3) is 5.46. The third-order valence-electron chi connectivity index (χ3n) is 3.08. The maximum atomic E-state index is 12.5. The van der Waals surface area contributed by atoms with E-state index in [4.69, 9.17) is 4.74 Å². The van der Waals surface area contributed by atoms with E-state index < -0.39 is 23.5 Å². The molecule has 0 bridgehead atoms. The quantitative estimate of drug-likeness (QED) is 0.851. The summed E-state index contributed by atoms with van der Waals surface area (Å²) >= 11 is 0. The van der Waals surface area contributed by atoms with Crippen LogP contribution in [0.2, 0.25) is 0 Å². The number of rotatable bonds is 5. The summed E-state index contributed by atoms with van der Waals surface area (Å²) in [4.78, 5) is 32.6. The zero-order valence-electron chi connectivity index (χ0n) is 14.0. The molecule has 24 heavy (non-hydrogen) atoms. The first-order chi connectivity index (χ1) is 11.3. The minimum Gasteiger partial charge on any atom is -0.458 e. The first-order valence-corrected chi connectivity index (χ1v) is 7.69. The standard InChI is InChI=1S/C18H21N3O3/c1-18(2,3)24-17(23)14(11-13-7-5-4-6-8-13)21-16(22)15-12-19-9-10-20-15/h4-10,12,14H,11H2,1-3H3,(H,21,22)/t14-/m0/s1. The van der Waals surface area contributed by atoms with Gasteiger partial charge in [-0.05, 0) is 26.3 Å². The highest BCUT2D eigenvalue weighted by atomic mass is 16.6. The number of nitrogens with one attached hydrogen (secondary N) is 1. The van der Waals surface area contributed by atoms with Gasteiger partial charge >= 0.3 is 5.97 Å². The summed E-state index contributed by atoms with van der Waals surface area (Å²) in [6.45, 7) is 5.36. The van der Waals surface area contributed by atoms with Gasteiger partial charge in [-0.1, -0.05) is 30.3 Å². The second-order valence-electron chi connectivity index (χ2n) is 6.34. The Morgan fingerprint density at radius 3 is 2.46 bits per heavy atom. The molecule has 1 heterocycles. The number of esters is 1. The number of hydrogen-bond acceptors (Lipinski definition) is 5. The number of aromatic nitrogens is 2. The SMILES string of the molecule is CC(C)(C)OC(=O)[C@H](Cc1ccccc1)NC(=O)c1cnccn1. The highest BCUT2D eigenvalue weighted by Crippen LogP contribution is 2.12. The van der Waals surface area contributed by atoms with E-state index in [1.54, 1.807) is 20.8 Å². The van der Waals surface area contributed by atoms with Gasteiger partial charge in [0.15, 0.2) is 0 Å². The Bertz CT molecular complexity index is 682. The van der Waals surface area contributed by atoms with E-state index in [0.717, 1.165) is 5.56 Å². The molecular formula is C18H21N3O3. The molecule has 0 saturated carbocycles. The number of nitrogens with zero attached hydrogens (tertiary/aromatic N) is 2.